The van der Waals surface area contributed by atoms with Crippen LogP contribution in [0.3, 0.4) is 0 Å². The molecule has 78 heavy (non-hydrogen) atoms. The zero-order valence-corrected chi connectivity index (χ0v) is 55.8. The van der Waals surface area contributed by atoms with Crippen LogP contribution in [0.1, 0.15) is 201 Å². The first-order chi connectivity index (χ1) is 38.5. The molecule has 0 nitrogen and oxygen atoms in total. The minimum absolute atomic E-state index is 1.22. The van der Waals surface area contributed by atoms with E-state index in [1.807, 2.05) is 0 Å². The van der Waals surface area contributed by atoms with Crippen molar-refractivity contribution in [2.45, 2.75) is 207 Å². The maximum Gasteiger partial charge on any atom is 0.0899 e. The highest BCUT2D eigenvalue weighted by Gasteiger charge is 2.31. The fourth-order valence-corrected chi connectivity index (χ4v) is 30.6. The van der Waals surface area contributed by atoms with Gasteiger partial charge in [-0.1, -0.05) is 156 Å². The smallest absolute Gasteiger partial charge is 0.0899 e. The van der Waals surface area contributed by atoms with Crippen LogP contribution in [0, 0.1) is 0 Å². The molecule has 0 atom stereocenters. The second-order valence-electron chi connectivity index (χ2n) is 22.8. The second kappa shape index (κ2) is 23.7. The summed E-state index contributed by atoms with van der Waals surface area (Å²) in [6, 6.07) is 10.7. The number of aryl methyl sites for hydroxylation is 4. The van der Waals surface area contributed by atoms with Crippen molar-refractivity contribution in [2.75, 3.05) is 0 Å². The lowest BCUT2D eigenvalue weighted by Crippen LogP contribution is -1.83. The highest BCUT2D eigenvalue weighted by Crippen LogP contribution is 2.63. The molecule has 0 amide bonds. The molecule has 408 valence electrons. The molecule has 0 spiro atoms. The van der Waals surface area contributed by atoms with Crippen molar-refractivity contribution in [3.05, 3.63) is 43.8 Å². The van der Waals surface area contributed by atoms with E-state index in [1.54, 1.807) is 146 Å². The molecule has 0 aliphatic rings. The van der Waals surface area contributed by atoms with E-state index in [-0.39, 0.29) is 0 Å². The molecule has 0 unspecified atom stereocenters. The summed E-state index contributed by atoms with van der Waals surface area (Å²) in [5.41, 5.74) is 0. The summed E-state index contributed by atoms with van der Waals surface area (Å²) >= 11 is 25.6. The third-order valence-corrected chi connectivity index (χ3v) is 32.2. The Morgan fingerprint density at radius 3 is 0.654 bits per heavy atom. The van der Waals surface area contributed by atoms with Gasteiger partial charge in [0.1, 0.15) is 0 Å². The van der Waals surface area contributed by atoms with Crippen LogP contribution < -0.4 is 0 Å². The second-order valence-corrected chi connectivity index (χ2v) is 37.5. The summed E-state index contributed by atoms with van der Waals surface area (Å²) in [6.07, 6.45) is 37.4. The normalized spacial score (nSPS) is 13.0. The number of hydrogen-bond acceptors (Lipinski definition) is 12. The Morgan fingerprint density at radius 2 is 0.423 bits per heavy atom. The lowest BCUT2D eigenvalue weighted by atomic mass is 9.96. The molecule has 0 bridgehead atoms. The Kier molecular flexibility index (Phi) is 16.5. The molecular formula is C66H72S12. The molecule has 14 rings (SSSR count). The van der Waals surface area contributed by atoms with Gasteiger partial charge in [-0.05, 0) is 75.6 Å². The molecule has 0 saturated carbocycles. The van der Waals surface area contributed by atoms with Crippen LogP contribution in [0.25, 0.3) is 126 Å². The van der Waals surface area contributed by atoms with E-state index in [0.717, 1.165) is 0 Å². The predicted molar refractivity (Wildman–Crippen MR) is 377 cm³/mol. The molecule has 0 saturated heterocycles. The topological polar surface area (TPSA) is 0 Å². The summed E-state index contributed by atoms with van der Waals surface area (Å²) in [6.45, 7) is 9.33. The van der Waals surface area contributed by atoms with Crippen LogP contribution in [0.2, 0.25) is 0 Å². The average Bonchev–Trinajstić information content (AvgIpc) is 3.14. The van der Waals surface area contributed by atoms with Crippen LogP contribution in [-0.2, 0) is 25.7 Å². The van der Waals surface area contributed by atoms with Gasteiger partial charge in [0, 0.05) is 114 Å². The van der Waals surface area contributed by atoms with E-state index >= 15 is 0 Å². The van der Waals surface area contributed by atoms with Gasteiger partial charge in [0.15, 0.2) is 0 Å². The number of fused-ring (bicyclic) bond motifs is 27. The van der Waals surface area contributed by atoms with Gasteiger partial charge in [0.2, 0.25) is 0 Å². The summed E-state index contributed by atoms with van der Waals surface area (Å²) in [7, 11) is 0. The van der Waals surface area contributed by atoms with Crippen LogP contribution >= 0.6 is 136 Å². The van der Waals surface area contributed by atoms with Gasteiger partial charge in [-0.25, -0.2) is 0 Å². The molecule has 0 radical (unpaired) electrons. The summed E-state index contributed by atoms with van der Waals surface area (Å²) < 4.78 is 18.6. The number of unbranched alkanes of at least 4 members (excludes halogenated alkanes) is 20. The zero-order valence-electron chi connectivity index (χ0n) is 46.0. The average molecular weight is 1250 g/mol. The molecule has 0 N–H and O–H groups in total. The fraction of sp³-hybridized carbons (Fsp3) is 0.485. The largest absolute Gasteiger partial charge is 0.129 e. The summed E-state index contributed by atoms with van der Waals surface area (Å²) in [5.74, 6) is 0. The van der Waals surface area contributed by atoms with Crippen molar-refractivity contribution >= 4 is 262 Å². The first-order valence-corrected chi connectivity index (χ1v) is 40.0. The Bertz CT molecular complexity index is 3860. The first kappa shape index (κ1) is 54.2. The van der Waals surface area contributed by atoms with Gasteiger partial charge in [-0.3, -0.25) is 0 Å². The number of hydrogen-bond donors (Lipinski definition) is 0. The van der Waals surface area contributed by atoms with E-state index in [9.17, 15) is 0 Å². The van der Waals surface area contributed by atoms with Crippen molar-refractivity contribution in [2.24, 2.45) is 0 Å². The SMILES string of the molecule is CCCCCCCCc1cc2c(s1)sc1sc3c4c5sc6sc7sc(CCCCCCCC)cc7c6c5c5c(sc6sc7sc(CCCCCCCC)cc7c65)c4c4sc5sc6sc(CCCCCCCC)cc6c5c4c3c12. The highest BCUT2D eigenvalue weighted by atomic mass is 32.2. The van der Waals surface area contributed by atoms with E-state index in [0.29, 0.717) is 0 Å². The first-order valence-electron chi connectivity index (χ1n) is 30.2. The Morgan fingerprint density at radius 1 is 0.205 bits per heavy atom. The zero-order chi connectivity index (χ0) is 52.4. The van der Waals surface area contributed by atoms with E-state index in [1.165, 1.54) is 180 Å². The molecule has 0 fully saturated rings. The molecule has 0 aliphatic heterocycles. The van der Waals surface area contributed by atoms with Crippen LogP contribution in [0.15, 0.2) is 24.3 Å². The van der Waals surface area contributed by atoms with E-state index in [4.69, 9.17) is 0 Å². The van der Waals surface area contributed by atoms with E-state index in [2.05, 4.69) is 188 Å². The quantitative estimate of drug-likeness (QED) is 0.0429. The lowest BCUT2D eigenvalue weighted by molar-refractivity contribution is 0.609. The maximum absolute atomic E-state index is 2.67. The highest BCUT2D eigenvalue weighted by molar-refractivity contribution is 7.55. The maximum atomic E-state index is 2.67. The summed E-state index contributed by atoms with van der Waals surface area (Å²) in [4.78, 5) is 6.40. The lowest BCUT2D eigenvalue weighted by Gasteiger charge is -2.09. The molecule has 12 aromatic heterocycles. The molecular weight excluding hydrogens is 1180 g/mol. The Balaban J connectivity index is 1.01. The molecule has 12 heterocycles. The predicted octanol–water partition coefficient (Wildman–Crippen LogP) is 29.0. The van der Waals surface area contributed by atoms with Crippen LogP contribution in [0.5, 0.6) is 0 Å². The van der Waals surface area contributed by atoms with Gasteiger partial charge in [0.05, 0.1) is 32.1 Å². The third kappa shape index (κ3) is 9.73. The van der Waals surface area contributed by atoms with Crippen LogP contribution in [-0.4, -0.2) is 0 Å². The van der Waals surface area contributed by atoms with Gasteiger partial charge >= 0.3 is 0 Å². The molecule has 2 aromatic carbocycles. The Hall–Kier alpha value is -1.78. The van der Waals surface area contributed by atoms with Gasteiger partial charge in [0.25, 0.3) is 0 Å². The van der Waals surface area contributed by atoms with Crippen molar-refractivity contribution in [3.8, 4) is 0 Å². The third-order valence-electron chi connectivity index (χ3n) is 17.1. The monoisotopic (exact) mass is 1250 g/mol. The number of thiophene rings is 12. The fourth-order valence-electron chi connectivity index (χ4n) is 13.1. The Labute approximate surface area is 508 Å². The standard InChI is InChI=1S/C66H72S12/c1-5-9-13-17-21-25-29-37-33-41-45-49-50-46-42-34-38(30-26-22-18-14-10-6-2)68-60(42)76-64(46)72-56(50)54-53(55(49)71-63(45)75-59(41)67-37)57-51(47-43-35-39(31-27-23-19-15-11-7-3)69-61(43)77-65(47)73-57)52-48-44-36-40(32-28-24-20-16-12-8-4)70-62(44)78-66(48)74-58(52)54/h33-36H,5-32H2,1-4H3. The van der Waals surface area contributed by atoms with Crippen LogP contribution in [0.4, 0.5) is 0 Å². The molecule has 14 aromatic rings. The van der Waals surface area contributed by atoms with Crippen molar-refractivity contribution in [1.29, 1.82) is 0 Å². The number of rotatable bonds is 28. The minimum atomic E-state index is 1.22. The van der Waals surface area contributed by atoms with Crippen molar-refractivity contribution < 1.29 is 0 Å². The van der Waals surface area contributed by atoms with E-state index < -0.39 is 0 Å². The van der Waals surface area contributed by atoms with Gasteiger partial charge in [-0.15, -0.1) is 136 Å². The summed E-state index contributed by atoms with van der Waals surface area (Å²) in [5, 5.41) is 22.0. The van der Waals surface area contributed by atoms with Gasteiger partial charge < -0.3 is 0 Å². The van der Waals surface area contributed by atoms with Crippen molar-refractivity contribution in [1.82, 2.24) is 0 Å². The molecule has 12 heteroatoms. The molecule has 0 aliphatic carbocycles. The van der Waals surface area contributed by atoms with Crippen molar-refractivity contribution in [3.63, 3.8) is 0 Å². The minimum Gasteiger partial charge on any atom is -0.129 e. The van der Waals surface area contributed by atoms with Gasteiger partial charge in [-0.2, -0.15) is 0 Å². The number of benzene rings is 2.